The number of unbranched alkanes of at least 4 members (excludes halogenated alkanes) is 11. The lowest BCUT2D eigenvalue weighted by molar-refractivity contribution is -0.332. The van der Waals surface area contributed by atoms with Crippen LogP contribution in [-0.4, -0.2) is 142 Å². The molecule has 7 N–H and O–H groups in total. The first-order valence-corrected chi connectivity index (χ1v) is 25.3. The molecule has 2 saturated heterocycles. The van der Waals surface area contributed by atoms with E-state index in [0.29, 0.717) is 19.3 Å². The molecule has 2 heterocycles. The minimum Gasteiger partial charge on any atom is -0.462 e. The third-order valence-electron chi connectivity index (χ3n) is 11.4. The van der Waals surface area contributed by atoms with Gasteiger partial charge in [-0.3, -0.25) is 9.59 Å². The molecule has 0 aromatic heterocycles. The molecule has 388 valence electrons. The number of rotatable bonds is 37. The summed E-state index contributed by atoms with van der Waals surface area (Å²) in [6, 6.07) is 0. The molecule has 2 aliphatic heterocycles. The lowest BCUT2D eigenvalue weighted by atomic mass is 9.98. The van der Waals surface area contributed by atoms with Gasteiger partial charge in [0.1, 0.15) is 55.4 Å². The Bertz CT molecular complexity index is 1520. The molecular weight excluding hydrogens is 877 g/mol. The molecular formula is C53H86O15. The van der Waals surface area contributed by atoms with Crippen LogP contribution >= 0.6 is 0 Å². The minimum absolute atomic E-state index is 0.0782. The molecule has 2 rings (SSSR count). The summed E-state index contributed by atoms with van der Waals surface area (Å²) in [5.41, 5.74) is 3.28. The Balaban J connectivity index is 1.86. The number of ether oxygens (including phenoxy) is 6. The van der Waals surface area contributed by atoms with Crippen LogP contribution in [0, 0.1) is 0 Å². The van der Waals surface area contributed by atoms with E-state index in [-0.39, 0.29) is 19.4 Å². The molecule has 2 fully saturated rings. The van der Waals surface area contributed by atoms with Gasteiger partial charge in [0.05, 0.1) is 19.8 Å². The molecule has 0 aromatic rings. The van der Waals surface area contributed by atoms with Crippen LogP contribution in [0.3, 0.4) is 0 Å². The number of carbonyl (C=O) groups excluding carboxylic acids is 2. The molecule has 15 nitrogen and oxygen atoms in total. The first-order valence-electron chi connectivity index (χ1n) is 25.3. The van der Waals surface area contributed by atoms with Crippen molar-refractivity contribution in [1.29, 1.82) is 0 Å². The van der Waals surface area contributed by atoms with Crippen LogP contribution in [0.25, 0.3) is 0 Å². The Labute approximate surface area is 405 Å². The van der Waals surface area contributed by atoms with Crippen LogP contribution in [-0.2, 0) is 38.0 Å². The fourth-order valence-corrected chi connectivity index (χ4v) is 7.29. The van der Waals surface area contributed by atoms with E-state index in [4.69, 9.17) is 28.4 Å². The van der Waals surface area contributed by atoms with Crippen molar-refractivity contribution in [3.63, 3.8) is 0 Å². The van der Waals surface area contributed by atoms with E-state index in [1.54, 1.807) is 0 Å². The Kier molecular flexibility index (Phi) is 35.3. The Hall–Kier alpha value is -3.28. The second kappa shape index (κ2) is 39.4. The van der Waals surface area contributed by atoms with Crippen molar-refractivity contribution in [3.05, 3.63) is 78.6 Å². The smallest absolute Gasteiger partial charge is 0.306 e. The monoisotopic (exact) mass is 963 g/mol. The number of aliphatic hydroxyl groups excluding tert-OH is 7. The van der Waals surface area contributed by atoms with E-state index in [9.17, 15) is 45.3 Å². The molecule has 0 radical (unpaired) electrons. The minimum atomic E-state index is -1.78. The number of hydrogen-bond acceptors (Lipinski definition) is 15. The Morgan fingerprint density at radius 1 is 0.529 bits per heavy atom. The van der Waals surface area contributed by atoms with Gasteiger partial charge in [0, 0.05) is 12.8 Å². The molecule has 2 aliphatic rings. The summed E-state index contributed by atoms with van der Waals surface area (Å²) in [7, 11) is 0. The predicted molar refractivity (Wildman–Crippen MR) is 260 cm³/mol. The topological polar surface area (TPSA) is 231 Å². The highest BCUT2D eigenvalue weighted by Gasteiger charge is 2.47. The number of aliphatic hydroxyl groups is 7. The first kappa shape index (κ1) is 60.8. The van der Waals surface area contributed by atoms with Crippen molar-refractivity contribution >= 4 is 11.9 Å². The van der Waals surface area contributed by atoms with Gasteiger partial charge in [-0.1, -0.05) is 120 Å². The first-order chi connectivity index (χ1) is 33.0. The van der Waals surface area contributed by atoms with Crippen LogP contribution in [0.15, 0.2) is 78.6 Å². The second-order valence-corrected chi connectivity index (χ2v) is 17.4. The van der Waals surface area contributed by atoms with Crippen LogP contribution in [0.1, 0.15) is 149 Å². The maximum atomic E-state index is 13.0. The van der Waals surface area contributed by atoms with Gasteiger partial charge in [-0.05, 0) is 89.2 Å². The molecule has 15 heteroatoms. The Morgan fingerprint density at radius 3 is 1.62 bits per heavy atom. The van der Waals surface area contributed by atoms with Gasteiger partial charge >= 0.3 is 11.9 Å². The van der Waals surface area contributed by atoms with Gasteiger partial charge in [0.2, 0.25) is 0 Å². The van der Waals surface area contributed by atoms with Crippen molar-refractivity contribution in [2.24, 2.45) is 0 Å². The van der Waals surface area contributed by atoms with Crippen LogP contribution in [0.2, 0.25) is 0 Å². The molecule has 11 atom stereocenters. The quantitative estimate of drug-likeness (QED) is 0.0147. The van der Waals surface area contributed by atoms with Crippen molar-refractivity contribution in [2.75, 3.05) is 26.4 Å². The van der Waals surface area contributed by atoms with Crippen LogP contribution in [0.5, 0.6) is 0 Å². The van der Waals surface area contributed by atoms with E-state index in [1.807, 2.05) is 12.2 Å². The molecule has 0 bridgehead atoms. The van der Waals surface area contributed by atoms with Crippen LogP contribution in [0.4, 0.5) is 0 Å². The molecule has 0 spiro atoms. The maximum absolute atomic E-state index is 13.0. The third kappa shape index (κ3) is 27.2. The number of carbonyl (C=O) groups is 2. The zero-order chi connectivity index (χ0) is 49.6. The summed E-state index contributed by atoms with van der Waals surface area (Å²) < 4.78 is 33.5. The summed E-state index contributed by atoms with van der Waals surface area (Å²) in [5, 5.41) is 72.0. The number of hydrogen-bond donors (Lipinski definition) is 7. The molecule has 4 unspecified atom stereocenters. The lowest BCUT2D eigenvalue weighted by Gasteiger charge is -2.42. The normalized spacial score (nSPS) is 26.0. The van der Waals surface area contributed by atoms with Gasteiger partial charge in [-0.2, -0.15) is 0 Å². The maximum Gasteiger partial charge on any atom is 0.306 e. The van der Waals surface area contributed by atoms with Crippen molar-refractivity contribution in [2.45, 2.75) is 216 Å². The highest BCUT2D eigenvalue weighted by atomic mass is 16.7. The lowest BCUT2D eigenvalue weighted by Crippen LogP contribution is -2.61. The fraction of sp³-hybridized carbons (Fsp3) is 0.717. The Morgan fingerprint density at radius 2 is 1.03 bits per heavy atom. The zero-order valence-electron chi connectivity index (χ0n) is 40.9. The van der Waals surface area contributed by atoms with E-state index in [0.717, 1.165) is 70.6 Å². The molecule has 0 amide bonds. The summed E-state index contributed by atoms with van der Waals surface area (Å²) >= 11 is 0. The van der Waals surface area contributed by atoms with Gasteiger partial charge in [0.25, 0.3) is 0 Å². The van der Waals surface area contributed by atoms with E-state index in [2.05, 4.69) is 80.3 Å². The largest absolute Gasteiger partial charge is 0.462 e. The SMILES string of the molecule is CC/C=C/C/C=C/C/C=C/C/C=C/C/C=C/CCCC(=O)O[C@H](COC(=O)CCCCCCCC=C=CCCCCCCC)CO[C@H]1O[C@@H](CO[C@H]2O[C@@H](CO)[C@@H](O)C(O)C2O)[C@@H](O)C(O)C1O. The molecule has 0 aliphatic carbocycles. The average Bonchev–Trinajstić information content (AvgIpc) is 3.33. The summed E-state index contributed by atoms with van der Waals surface area (Å²) in [4.78, 5) is 25.7. The standard InChI is InChI=1S/C53H86O15/c1-3-5-7-9-11-13-15-17-19-20-22-24-26-28-30-32-34-36-45(56)66-41(38-63-44(55)35-33-31-29-27-25-23-21-18-16-14-12-10-8-6-4-2)39-64-52-51(62)49(60)47(58)43(68-52)40-65-53-50(61)48(59)46(57)42(37-54)67-53/h5,7,11,13,16-17,19,21-22,24,28,30,41-43,46-54,57-62H,3-4,6,8-10,12,14-15,20,23,25-27,29,31-40H2,1-2H3/b7-5+,13-11+,19-17+,24-22+,30-28+/t18?,41-,42+,43+,46-,47-,48?,49?,50?,51?,52+,53+/m1/s1. The van der Waals surface area contributed by atoms with Gasteiger partial charge < -0.3 is 64.2 Å². The van der Waals surface area contributed by atoms with Gasteiger partial charge in [-0.15, -0.1) is 5.73 Å². The second-order valence-electron chi connectivity index (χ2n) is 17.4. The van der Waals surface area contributed by atoms with E-state index < -0.39 is 99.3 Å². The number of allylic oxidation sites excluding steroid dienone is 11. The molecule has 0 aromatic carbocycles. The number of esters is 2. The molecule has 68 heavy (non-hydrogen) atoms. The average molecular weight is 963 g/mol. The highest BCUT2D eigenvalue weighted by Crippen LogP contribution is 2.26. The zero-order valence-corrected chi connectivity index (χ0v) is 40.9. The summed E-state index contributed by atoms with van der Waals surface area (Å²) in [6.07, 6.45) is 27.2. The third-order valence-corrected chi connectivity index (χ3v) is 11.4. The van der Waals surface area contributed by atoms with Gasteiger partial charge in [-0.25, -0.2) is 0 Å². The van der Waals surface area contributed by atoms with Crippen molar-refractivity contribution in [1.82, 2.24) is 0 Å². The predicted octanol–water partition coefficient (Wildman–Crippen LogP) is 6.81. The van der Waals surface area contributed by atoms with Gasteiger partial charge in [0.15, 0.2) is 18.7 Å². The summed E-state index contributed by atoms with van der Waals surface area (Å²) in [5.74, 6) is -1.02. The fourth-order valence-electron chi connectivity index (χ4n) is 7.29. The van der Waals surface area contributed by atoms with Crippen molar-refractivity contribution < 1.29 is 73.8 Å². The van der Waals surface area contributed by atoms with E-state index >= 15 is 0 Å². The molecule has 0 saturated carbocycles. The van der Waals surface area contributed by atoms with Crippen LogP contribution < -0.4 is 0 Å². The summed E-state index contributed by atoms with van der Waals surface area (Å²) in [6.45, 7) is 2.35. The van der Waals surface area contributed by atoms with Crippen molar-refractivity contribution in [3.8, 4) is 0 Å². The highest BCUT2D eigenvalue weighted by molar-refractivity contribution is 5.70. The van der Waals surface area contributed by atoms with E-state index in [1.165, 1.54) is 32.1 Å².